The molecule has 1 N–H and O–H groups in total. The molecule has 1 saturated heterocycles. The molecule has 0 saturated carbocycles. The summed E-state index contributed by atoms with van der Waals surface area (Å²) in [6.45, 7) is 2.76. The first-order valence-corrected chi connectivity index (χ1v) is 9.07. The van der Waals surface area contributed by atoms with E-state index in [2.05, 4.69) is 4.98 Å². The van der Waals surface area contributed by atoms with E-state index in [4.69, 9.17) is 5.11 Å². The zero-order valence-electron chi connectivity index (χ0n) is 13.7. The minimum atomic E-state index is -0.285. The number of nitrogens with zero attached hydrogens (tertiary/aromatic N) is 2. The zero-order valence-corrected chi connectivity index (χ0v) is 14.5. The number of rotatable bonds is 5. The Bertz CT molecular complexity index is 714. The van der Waals surface area contributed by atoms with Crippen LogP contribution in [0.4, 0.5) is 4.39 Å². The molecule has 2 aromatic rings. The molecule has 1 amide bonds. The van der Waals surface area contributed by atoms with Crippen molar-refractivity contribution in [1.82, 2.24) is 9.88 Å². The second-order valence-corrected chi connectivity index (χ2v) is 7.10. The molecule has 6 heteroatoms. The Morgan fingerprint density at radius 1 is 1.42 bits per heavy atom. The van der Waals surface area contributed by atoms with Crippen LogP contribution in [-0.4, -0.2) is 40.1 Å². The van der Waals surface area contributed by atoms with Gasteiger partial charge in [0.05, 0.1) is 5.69 Å². The van der Waals surface area contributed by atoms with Crippen molar-refractivity contribution < 1.29 is 14.3 Å². The number of carbonyl (C=O) groups excluding carboxylic acids is 1. The van der Waals surface area contributed by atoms with Crippen molar-refractivity contribution in [3.63, 3.8) is 0 Å². The molecule has 1 aliphatic heterocycles. The molecule has 4 nitrogen and oxygen atoms in total. The topological polar surface area (TPSA) is 53.4 Å². The number of benzene rings is 1. The maximum absolute atomic E-state index is 13.1. The summed E-state index contributed by atoms with van der Waals surface area (Å²) in [4.78, 5) is 20.0. The molecule has 1 fully saturated rings. The van der Waals surface area contributed by atoms with Crippen LogP contribution in [0.25, 0.3) is 10.6 Å². The van der Waals surface area contributed by atoms with Crippen LogP contribution in [0.1, 0.15) is 41.0 Å². The molecule has 1 atom stereocenters. The molecule has 0 spiro atoms. The summed E-state index contributed by atoms with van der Waals surface area (Å²) in [6, 6.07) is 6.38. The third kappa shape index (κ3) is 3.49. The Morgan fingerprint density at radius 2 is 2.17 bits per heavy atom. The third-order valence-corrected chi connectivity index (χ3v) is 5.61. The second kappa shape index (κ2) is 7.40. The molecule has 1 aliphatic rings. The number of halogens is 1. The van der Waals surface area contributed by atoms with Gasteiger partial charge in [0.25, 0.3) is 5.91 Å². The number of aliphatic hydroxyl groups excluding tert-OH is 1. The van der Waals surface area contributed by atoms with Crippen LogP contribution in [-0.2, 0) is 0 Å². The van der Waals surface area contributed by atoms with Crippen LogP contribution < -0.4 is 0 Å². The maximum atomic E-state index is 13.1. The number of hydrogen-bond donors (Lipinski definition) is 1. The zero-order chi connectivity index (χ0) is 17.1. The maximum Gasteiger partial charge on any atom is 0.266 e. The van der Waals surface area contributed by atoms with Crippen molar-refractivity contribution in [3.8, 4) is 10.6 Å². The van der Waals surface area contributed by atoms with Crippen LogP contribution in [0.2, 0.25) is 0 Å². The lowest BCUT2D eigenvalue weighted by Crippen LogP contribution is -2.35. The number of hydrogen-bond acceptors (Lipinski definition) is 4. The highest BCUT2D eigenvalue weighted by Gasteiger charge is 2.31. The molecule has 1 aromatic heterocycles. The first-order chi connectivity index (χ1) is 11.6. The predicted molar refractivity (Wildman–Crippen MR) is 92.6 cm³/mol. The normalized spacial score (nSPS) is 17.5. The fourth-order valence-electron chi connectivity index (χ4n) is 3.17. The fraction of sp³-hybridized carbons (Fsp3) is 0.444. The lowest BCUT2D eigenvalue weighted by atomic mass is 10.1. The average molecular weight is 348 g/mol. The van der Waals surface area contributed by atoms with Gasteiger partial charge in [0.1, 0.15) is 15.7 Å². The largest absolute Gasteiger partial charge is 0.396 e. The monoisotopic (exact) mass is 348 g/mol. The van der Waals surface area contributed by atoms with E-state index in [1.54, 1.807) is 12.1 Å². The van der Waals surface area contributed by atoms with Gasteiger partial charge in [0.2, 0.25) is 0 Å². The van der Waals surface area contributed by atoms with Gasteiger partial charge in [-0.25, -0.2) is 9.37 Å². The highest BCUT2D eigenvalue weighted by Crippen LogP contribution is 2.31. The Kier molecular flexibility index (Phi) is 5.26. The van der Waals surface area contributed by atoms with E-state index >= 15 is 0 Å². The summed E-state index contributed by atoms with van der Waals surface area (Å²) in [5.74, 6) is -0.258. The van der Waals surface area contributed by atoms with E-state index in [-0.39, 0.29) is 24.4 Å². The molecule has 2 heterocycles. The quantitative estimate of drug-likeness (QED) is 0.898. The summed E-state index contributed by atoms with van der Waals surface area (Å²) < 4.78 is 13.1. The van der Waals surface area contributed by atoms with Gasteiger partial charge in [-0.2, -0.15) is 0 Å². The number of aromatic nitrogens is 1. The Labute approximate surface area is 145 Å². The molecule has 0 radical (unpaired) electrons. The predicted octanol–water partition coefficient (Wildman–Crippen LogP) is 3.63. The van der Waals surface area contributed by atoms with Gasteiger partial charge in [-0.05, 0) is 56.9 Å². The minimum Gasteiger partial charge on any atom is -0.396 e. The lowest BCUT2D eigenvalue weighted by molar-refractivity contribution is 0.0728. The Morgan fingerprint density at radius 3 is 2.88 bits per heavy atom. The third-order valence-electron chi connectivity index (χ3n) is 4.42. The number of amides is 1. The summed E-state index contributed by atoms with van der Waals surface area (Å²) in [6.07, 6.45) is 3.56. The van der Waals surface area contributed by atoms with Gasteiger partial charge in [-0.3, -0.25) is 4.79 Å². The highest BCUT2D eigenvalue weighted by molar-refractivity contribution is 7.17. The lowest BCUT2D eigenvalue weighted by Gasteiger charge is -2.24. The molecular weight excluding hydrogens is 327 g/mol. The molecular formula is C18H21FN2O2S. The second-order valence-electron chi connectivity index (χ2n) is 6.10. The van der Waals surface area contributed by atoms with Gasteiger partial charge in [0.15, 0.2) is 0 Å². The van der Waals surface area contributed by atoms with Crippen LogP contribution >= 0.6 is 11.3 Å². The molecule has 0 aliphatic carbocycles. The van der Waals surface area contributed by atoms with Gasteiger partial charge in [-0.1, -0.05) is 0 Å². The van der Waals surface area contributed by atoms with Gasteiger partial charge in [-0.15, -0.1) is 11.3 Å². The van der Waals surface area contributed by atoms with Crippen molar-refractivity contribution in [2.24, 2.45) is 0 Å². The van der Waals surface area contributed by atoms with E-state index in [0.717, 1.165) is 48.5 Å². The van der Waals surface area contributed by atoms with Crippen molar-refractivity contribution in [2.75, 3.05) is 13.2 Å². The fourth-order valence-corrected chi connectivity index (χ4v) is 4.20. The number of carbonyl (C=O) groups is 1. The van der Waals surface area contributed by atoms with Gasteiger partial charge in [0, 0.05) is 24.8 Å². The molecule has 0 bridgehead atoms. The van der Waals surface area contributed by atoms with Crippen molar-refractivity contribution in [3.05, 3.63) is 40.7 Å². The molecule has 24 heavy (non-hydrogen) atoms. The minimum absolute atomic E-state index is 0.0267. The molecule has 3 rings (SSSR count). The van der Waals surface area contributed by atoms with E-state index in [9.17, 15) is 9.18 Å². The number of aliphatic hydroxyl groups is 1. The van der Waals surface area contributed by atoms with E-state index in [1.165, 1.54) is 23.5 Å². The van der Waals surface area contributed by atoms with Crippen molar-refractivity contribution in [2.45, 2.75) is 38.6 Å². The average Bonchev–Trinajstić information content (AvgIpc) is 3.19. The Hall–Kier alpha value is -1.79. The van der Waals surface area contributed by atoms with Crippen LogP contribution in [0.5, 0.6) is 0 Å². The molecule has 128 valence electrons. The number of aryl methyl sites for hydroxylation is 1. The molecule has 1 aromatic carbocycles. The smallest absolute Gasteiger partial charge is 0.266 e. The van der Waals surface area contributed by atoms with Crippen molar-refractivity contribution >= 4 is 17.2 Å². The highest BCUT2D eigenvalue weighted by atomic mass is 32.1. The Balaban J connectivity index is 1.81. The van der Waals surface area contributed by atoms with Crippen LogP contribution in [0.3, 0.4) is 0 Å². The van der Waals surface area contributed by atoms with Gasteiger partial charge >= 0.3 is 0 Å². The summed E-state index contributed by atoms with van der Waals surface area (Å²) in [5, 5.41) is 9.76. The number of likely N-dealkylation sites (tertiary alicyclic amines) is 1. The molecule has 1 unspecified atom stereocenters. The van der Waals surface area contributed by atoms with E-state index < -0.39 is 0 Å². The number of thiazole rings is 1. The SMILES string of the molecule is Cc1nc(-c2ccc(F)cc2)sc1C(=O)N1CCCC1CCCO. The standard InChI is InChI=1S/C18H21FN2O2S/c1-12-16(18(23)21-10-2-4-15(21)5-3-11-22)24-17(20-12)13-6-8-14(19)9-7-13/h6-9,15,22H,2-5,10-11H2,1H3. The summed E-state index contributed by atoms with van der Waals surface area (Å²) in [7, 11) is 0. The summed E-state index contributed by atoms with van der Waals surface area (Å²) in [5.41, 5.74) is 1.54. The summed E-state index contributed by atoms with van der Waals surface area (Å²) >= 11 is 1.37. The first kappa shape index (κ1) is 17.0. The first-order valence-electron chi connectivity index (χ1n) is 8.25. The van der Waals surface area contributed by atoms with Crippen molar-refractivity contribution in [1.29, 1.82) is 0 Å². The van der Waals surface area contributed by atoms with Crippen LogP contribution in [0.15, 0.2) is 24.3 Å². The van der Waals surface area contributed by atoms with Gasteiger partial charge < -0.3 is 10.0 Å². The van der Waals surface area contributed by atoms with E-state index in [1.807, 2.05) is 11.8 Å². The van der Waals surface area contributed by atoms with E-state index in [0.29, 0.717) is 4.88 Å². The van der Waals surface area contributed by atoms with Crippen LogP contribution in [0, 0.1) is 12.7 Å².